The van der Waals surface area contributed by atoms with Crippen LogP contribution in [0.1, 0.15) is 33.6 Å². The van der Waals surface area contributed by atoms with Gasteiger partial charge in [0.25, 0.3) is 5.91 Å². The minimum Gasteiger partial charge on any atom is -0.389 e. The molecule has 0 bridgehead atoms. The summed E-state index contributed by atoms with van der Waals surface area (Å²) in [4.78, 5) is 21.5. The Morgan fingerprint density at radius 1 is 1.22 bits per heavy atom. The number of alkyl halides is 1. The van der Waals surface area contributed by atoms with Crippen LogP contribution in [0.4, 0.5) is 10.1 Å². The third-order valence-corrected chi connectivity index (χ3v) is 6.44. The van der Waals surface area contributed by atoms with Crippen molar-refractivity contribution >= 4 is 22.4 Å². The van der Waals surface area contributed by atoms with E-state index in [1.54, 1.807) is 17.2 Å². The highest BCUT2D eigenvalue weighted by Crippen LogP contribution is 2.38. The van der Waals surface area contributed by atoms with Gasteiger partial charge in [0.1, 0.15) is 6.67 Å². The molecule has 2 atom stereocenters. The quantitative estimate of drug-likeness (QED) is 0.681. The summed E-state index contributed by atoms with van der Waals surface area (Å²) in [5.74, 6) is -0.0739. The van der Waals surface area contributed by atoms with Crippen molar-refractivity contribution in [3.05, 3.63) is 71.0 Å². The predicted octanol–water partition coefficient (Wildman–Crippen LogP) is 3.29. The van der Waals surface area contributed by atoms with Crippen LogP contribution in [0.3, 0.4) is 0 Å². The lowest BCUT2D eigenvalue weighted by Crippen LogP contribution is -2.56. The van der Waals surface area contributed by atoms with Gasteiger partial charge in [-0.05, 0) is 47.6 Å². The third-order valence-electron chi connectivity index (χ3n) is 6.44. The Morgan fingerprint density at radius 3 is 2.81 bits per heavy atom. The molecule has 0 saturated carbocycles. The van der Waals surface area contributed by atoms with Gasteiger partial charge in [-0.1, -0.05) is 24.3 Å². The van der Waals surface area contributed by atoms with Crippen LogP contribution in [0, 0.1) is 0 Å². The second-order valence-corrected chi connectivity index (χ2v) is 8.56. The summed E-state index contributed by atoms with van der Waals surface area (Å²) < 4.78 is 18.5. The average Bonchev–Trinajstić information content (AvgIpc) is 2.82. The van der Waals surface area contributed by atoms with Crippen LogP contribution in [0.5, 0.6) is 0 Å². The molecule has 166 valence electrons. The first-order valence-electron chi connectivity index (χ1n) is 10.9. The van der Waals surface area contributed by atoms with E-state index in [1.165, 1.54) is 0 Å². The van der Waals surface area contributed by atoms with Gasteiger partial charge >= 0.3 is 0 Å². The molecule has 5 rings (SSSR count). The molecule has 0 aliphatic carbocycles. The second kappa shape index (κ2) is 8.48. The fourth-order valence-corrected chi connectivity index (χ4v) is 4.94. The summed E-state index contributed by atoms with van der Waals surface area (Å²) in [6.07, 6.45) is 2.11. The lowest BCUT2D eigenvalue weighted by Gasteiger charge is -2.43. The van der Waals surface area contributed by atoms with E-state index in [9.17, 15) is 14.3 Å². The second-order valence-electron chi connectivity index (χ2n) is 8.56. The summed E-state index contributed by atoms with van der Waals surface area (Å²) in [6, 6.07) is 13.4. The zero-order valence-electron chi connectivity index (χ0n) is 18.0. The van der Waals surface area contributed by atoms with Gasteiger partial charge in [-0.2, -0.15) is 0 Å². The van der Waals surface area contributed by atoms with Gasteiger partial charge < -0.3 is 19.6 Å². The predicted molar refractivity (Wildman–Crippen MR) is 120 cm³/mol. The Bertz CT molecular complexity index is 1170. The van der Waals surface area contributed by atoms with Gasteiger partial charge in [-0.3, -0.25) is 9.78 Å². The maximum absolute atomic E-state index is 13.6. The van der Waals surface area contributed by atoms with Crippen molar-refractivity contribution in [2.75, 3.05) is 31.8 Å². The Morgan fingerprint density at radius 2 is 2.03 bits per heavy atom. The molecule has 1 fully saturated rings. The van der Waals surface area contributed by atoms with Crippen molar-refractivity contribution < 1.29 is 19.0 Å². The number of hydrogen-bond donors (Lipinski definition) is 1. The molecule has 1 saturated heterocycles. The number of aromatic nitrogens is 1. The Hall–Kier alpha value is -3.03. The monoisotopic (exact) mass is 435 g/mol. The van der Waals surface area contributed by atoms with E-state index in [0.29, 0.717) is 37.4 Å². The molecule has 0 unspecified atom stereocenters. The van der Waals surface area contributed by atoms with Gasteiger partial charge in [0, 0.05) is 25.2 Å². The number of aliphatic hydroxyl groups excluding tert-OH is 1. The summed E-state index contributed by atoms with van der Waals surface area (Å²) in [5.41, 5.74) is 3.90. The molecule has 2 aromatic carbocycles. The fourth-order valence-electron chi connectivity index (χ4n) is 4.94. The standard InChI is InChI=1S/C25H26FN3O3/c1-28-15-29(22-7-9-32-14-23(22)30)25(31)21-12-17(10-16-6-8-27-18(11-16)13-26)19-4-2-3-5-20(19)24(21)28/h2-6,8,11-12,22-23,30H,7,9-10,13-15H2,1H3/t22-,23-/m0/s1. The maximum Gasteiger partial charge on any atom is 0.257 e. The van der Waals surface area contributed by atoms with Gasteiger partial charge in [0.05, 0.1) is 42.4 Å². The highest BCUT2D eigenvalue weighted by Gasteiger charge is 2.38. The molecule has 1 aromatic heterocycles. The molecule has 0 spiro atoms. The number of carbonyl (C=O) groups excluding carboxylic acids is 1. The number of aliphatic hydroxyl groups is 1. The van der Waals surface area contributed by atoms with Crippen molar-refractivity contribution in [3.63, 3.8) is 0 Å². The molecular weight excluding hydrogens is 409 g/mol. The highest BCUT2D eigenvalue weighted by molar-refractivity contribution is 6.11. The van der Waals surface area contributed by atoms with E-state index in [-0.39, 0.29) is 18.6 Å². The lowest BCUT2D eigenvalue weighted by atomic mass is 9.91. The third kappa shape index (κ3) is 3.61. The van der Waals surface area contributed by atoms with Crippen molar-refractivity contribution in [2.24, 2.45) is 0 Å². The van der Waals surface area contributed by atoms with Crippen molar-refractivity contribution in [2.45, 2.75) is 31.7 Å². The summed E-state index contributed by atoms with van der Waals surface area (Å²) in [6.45, 7) is 0.586. The molecule has 3 heterocycles. The zero-order valence-corrected chi connectivity index (χ0v) is 18.0. The van der Waals surface area contributed by atoms with Crippen molar-refractivity contribution in [1.82, 2.24) is 9.88 Å². The first-order chi connectivity index (χ1) is 15.6. The number of fused-ring (bicyclic) bond motifs is 3. The molecule has 0 radical (unpaired) electrons. The Balaban J connectivity index is 1.60. The first-order valence-corrected chi connectivity index (χ1v) is 10.9. The van der Waals surface area contributed by atoms with Gasteiger partial charge in [0.15, 0.2) is 0 Å². The number of hydrogen-bond acceptors (Lipinski definition) is 5. The number of anilines is 1. The Labute approximate surface area is 186 Å². The minimum atomic E-state index is -0.696. The number of amides is 1. The number of rotatable bonds is 4. The van der Waals surface area contributed by atoms with Crippen LogP contribution in [0.2, 0.25) is 0 Å². The largest absolute Gasteiger partial charge is 0.389 e. The molecule has 3 aromatic rings. The van der Waals surface area contributed by atoms with Crippen LogP contribution in [0.25, 0.3) is 10.8 Å². The first kappa shape index (κ1) is 20.8. The summed E-state index contributed by atoms with van der Waals surface area (Å²) >= 11 is 0. The zero-order chi connectivity index (χ0) is 22.2. The average molecular weight is 435 g/mol. The molecule has 32 heavy (non-hydrogen) atoms. The highest BCUT2D eigenvalue weighted by atomic mass is 19.1. The van der Waals surface area contributed by atoms with Crippen molar-refractivity contribution in [3.8, 4) is 0 Å². The topological polar surface area (TPSA) is 65.9 Å². The number of nitrogens with zero attached hydrogens (tertiary/aromatic N) is 3. The van der Waals surface area contributed by atoms with E-state index in [2.05, 4.69) is 16.0 Å². The van der Waals surface area contributed by atoms with Crippen LogP contribution in [0.15, 0.2) is 48.7 Å². The molecule has 1 N–H and O–H groups in total. The fraction of sp³-hybridized carbons (Fsp3) is 0.360. The molecule has 6 nitrogen and oxygen atoms in total. The number of pyridine rings is 1. The molecule has 2 aliphatic heterocycles. The smallest absolute Gasteiger partial charge is 0.257 e. The van der Waals surface area contributed by atoms with E-state index in [4.69, 9.17) is 4.74 Å². The molecule has 2 aliphatic rings. The minimum absolute atomic E-state index is 0.0739. The van der Waals surface area contributed by atoms with Gasteiger partial charge in [0.2, 0.25) is 0 Å². The normalized spacial score (nSPS) is 21.2. The number of benzene rings is 2. The van der Waals surface area contributed by atoms with Crippen LogP contribution in [-0.4, -0.2) is 60.0 Å². The van der Waals surface area contributed by atoms with Crippen molar-refractivity contribution in [1.29, 1.82) is 0 Å². The molecule has 7 heteroatoms. The lowest BCUT2D eigenvalue weighted by molar-refractivity contribution is -0.0575. The molecule has 1 amide bonds. The molecular formula is C25H26FN3O3. The van der Waals surface area contributed by atoms with Gasteiger partial charge in [-0.15, -0.1) is 0 Å². The van der Waals surface area contributed by atoms with Gasteiger partial charge in [-0.25, -0.2) is 4.39 Å². The van der Waals surface area contributed by atoms with Crippen LogP contribution in [-0.2, 0) is 17.8 Å². The number of ether oxygens (including phenoxy) is 1. The Kier molecular flexibility index (Phi) is 5.53. The van der Waals surface area contributed by atoms with E-state index >= 15 is 0 Å². The number of carbonyl (C=O) groups is 1. The number of halogens is 1. The van der Waals surface area contributed by atoms with E-state index in [1.807, 2.05) is 37.4 Å². The van der Waals surface area contributed by atoms with Crippen LogP contribution >= 0.6 is 0 Å². The maximum atomic E-state index is 13.6. The van der Waals surface area contributed by atoms with E-state index < -0.39 is 12.8 Å². The SMILES string of the molecule is CN1CN([C@H]2CCOC[C@@H]2O)C(=O)c2cc(Cc3ccnc(CF)c3)c3ccccc3c21. The van der Waals surface area contributed by atoms with E-state index in [0.717, 1.165) is 27.6 Å². The van der Waals surface area contributed by atoms with Crippen LogP contribution < -0.4 is 4.90 Å². The summed E-state index contributed by atoms with van der Waals surface area (Å²) in [7, 11) is 1.98. The summed E-state index contributed by atoms with van der Waals surface area (Å²) in [5, 5.41) is 12.6.